The van der Waals surface area contributed by atoms with Gasteiger partial charge in [0.25, 0.3) is 0 Å². The molecule has 72 valence electrons. The number of benzene rings is 1. The minimum Gasteiger partial charge on any atom is -0.432 e. The van der Waals surface area contributed by atoms with Crippen molar-refractivity contribution in [3.63, 3.8) is 0 Å². The molecule has 0 radical (unpaired) electrons. The molecule has 1 nitrogen and oxygen atoms in total. The van der Waals surface area contributed by atoms with E-state index >= 15 is 0 Å². The van der Waals surface area contributed by atoms with Crippen LogP contribution in [-0.4, -0.2) is 6.61 Å². The fraction of sp³-hybridized carbons (Fsp3) is 0.143. The van der Waals surface area contributed by atoms with Crippen LogP contribution in [0.4, 0.5) is 13.2 Å². The fourth-order valence-electron chi connectivity index (χ4n) is 0.695. The van der Waals surface area contributed by atoms with Crippen LogP contribution in [0.15, 0.2) is 12.1 Å². The van der Waals surface area contributed by atoms with Crippen molar-refractivity contribution in [1.29, 1.82) is 0 Å². The predicted molar refractivity (Wildman–Crippen MR) is 43.1 cm³/mol. The van der Waals surface area contributed by atoms with Crippen LogP contribution < -0.4 is 4.74 Å². The Kier molecular flexibility index (Phi) is 3.27. The van der Waals surface area contributed by atoms with E-state index in [1.165, 1.54) is 6.07 Å². The highest BCUT2D eigenvalue weighted by molar-refractivity contribution is 6.42. The normalized spacial score (nSPS) is 10.6. The van der Waals surface area contributed by atoms with E-state index in [2.05, 4.69) is 4.74 Å². The molecule has 0 saturated heterocycles. The van der Waals surface area contributed by atoms with Gasteiger partial charge in [0.15, 0.2) is 11.6 Å². The lowest BCUT2D eigenvalue weighted by Gasteiger charge is -2.06. The zero-order valence-electron chi connectivity index (χ0n) is 6.03. The first-order valence-corrected chi connectivity index (χ1v) is 3.86. The second kappa shape index (κ2) is 4.07. The van der Waals surface area contributed by atoms with Gasteiger partial charge in [-0.15, -0.1) is 0 Å². The minimum atomic E-state index is -3.09. The van der Waals surface area contributed by atoms with Gasteiger partial charge in [0.2, 0.25) is 0 Å². The molecule has 1 aromatic carbocycles. The van der Waals surface area contributed by atoms with Gasteiger partial charge >= 0.3 is 6.61 Å². The van der Waals surface area contributed by atoms with E-state index in [4.69, 9.17) is 23.2 Å². The Morgan fingerprint density at radius 2 is 1.85 bits per heavy atom. The molecule has 0 fully saturated rings. The van der Waals surface area contributed by atoms with E-state index < -0.39 is 23.2 Å². The van der Waals surface area contributed by atoms with Crippen molar-refractivity contribution in [1.82, 2.24) is 0 Å². The summed E-state index contributed by atoms with van der Waals surface area (Å²) in [6, 6.07) is 2.15. The van der Waals surface area contributed by atoms with Gasteiger partial charge in [-0.1, -0.05) is 23.2 Å². The lowest BCUT2D eigenvalue weighted by molar-refractivity contribution is -0.0521. The molecule has 0 bridgehead atoms. The predicted octanol–water partition coefficient (Wildman–Crippen LogP) is 3.73. The summed E-state index contributed by atoms with van der Waals surface area (Å²) in [5, 5.41) is -0.486. The second-order valence-corrected chi connectivity index (χ2v) is 2.84. The Morgan fingerprint density at radius 3 is 2.38 bits per heavy atom. The molecule has 0 spiro atoms. The van der Waals surface area contributed by atoms with Gasteiger partial charge in [-0.05, 0) is 12.1 Å². The Labute approximate surface area is 82.0 Å². The molecule has 0 heterocycles. The number of halogens is 5. The largest absolute Gasteiger partial charge is 0.432 e. The molecule has 0 saturated carbocycles. The Balaban J connectivity index is 3.04. The summed E-state index contributed by atoms with van der Waals surface area (Å²) in [5.74, 6) is -1.71. The number of ether oxygens (including phenoxy) is 1. The zero-order chi connectivity index (χ0) is 10.0. The molecule has 0 N–H and O–H groups in total. The molecule has 0 aliphatic rings. The quantitative estimate of drug-likeness (QED) is 0.704. The maximum Gasteiger partial charge on any atom is 0.387 e. The third kappa shape index (κ3) is 2.42. The monoisotopic (exact) mass is 230 g/mol. The summed E-state index contributed by atoms with van der Waals surface area (Å²) in [6.45, 7) is -3.09. The summed E-state index contributed by atoms with van der Waals surface area (Å²) in [4.78, 5) is 0. The molecule has 0 aliphatic heterocycles. The molecule has 1 aromatic rings. The average molecular weight is 231 g/mol. The smallest absolute Gasteiger partial charge is 0.387 e. The van der Waals surface area contributed by atoms with Crippen molar-refractivity contribution in [2.75, 3.05) is 0 Å². The Hall–Kier alpha value is -0.610. The minimum absolute atomic E-state index is 0.0548. The van der Waals surface area contributed by atoms with Gasteiger partial charge in [0.1, 0.15) is 0 Å². The highest BCUT2D eigenvalue weighted by atomic mass is 35.5. The SMILES string of the molecule is Fc1c(OC(F)F)ccc(Cl)c1Cl. The first kappa shape index (κ1) is 10.5. The molecule has 6 heteroatoms. The van der Waals surface area contributed by atoms with Crippen LogP contribution in [0, 0.1) is 5.82 Å². The summed E-state index contributed by atoms with van der Waals surface area (Å²) >= 11 is 10.7. The summed E-state index contributed by atoms with van der Waals surface area (Å²) in [7, 11) is 0. The van der Waals surface area contributed by atoms with Gasteiger partial charge < -0.3 is 4.74 Å². The maximum absolute atomic E-state index is 12.9. The lowest BCUT2D eigenvalue weighted by atomic mass is 10.3. The number of hydrogen-bond acceptors (Lipinski definition) is 1. The molecular formula is C7H3Cl2F3O. The maximum atomic E-state index is 12.9. The van der Waals surface area contributed by atoms with Gasteiger partial charge in [-0.3, -0.25) is 0 Å². The standard InChI is InChI=1S/C7H3Cl2F3O/c8-3-1-2-4(13-7(11)12)6(10)5(3)9/h1-2,7H. The Bertz CT molecular complexity index is 317. The second-order valence-electron chi connectivity index (χ2n) is 2.05. The van der Waals surface area contributed by atoms with Crippen molar-refractivity contribution in [3.8, 4) is 5.75 Å². The number of alkyl halides is 2. The van der Waals surface area contributed by atoms with Crippen molar-refractivity contribution >= 4 is 23.2 Å². The van der Waals surface area contributed by atoms with Crippen LogP contribution in [0.25, 0.3) is 0 Å². The molecule has 0 amide bonds. The molecule has 1 rings (SSSR count). The molecule has 0 unspecified atom stereocenters. The third-order valence-electron chi connectivity index (χ3n) is 1.22. The Morgan fingerprint density at radius 1 is 1.23 bits per heavy atom. The fourth-order valence-corrected chi connectivity index (χ4v) is 0.997. The molecule has 0 aliphatic carbocycles. The van der Waals surface area contributed by atoms with E-state index in [-0.39, 0.29) is 5.02 Å². The average Bonchev–Trinajstić information content (AvgIpc) is 2.06. The first-order chi connectivity index (χ1) is 6.02. The zero-order valence-corrected chi connectivity index (χ0v) is 7.54. The van der Waals surface area contributed by atoms with E-state index in [9.17, 15) is 13.2 Å². The van der Waals surface area contributed by atoms with Crippen LogP contribution in [0.2, 0.25) is 10.0 Å². The molecule has 13 heavy (non-hydrogen) atoms. The topological polar surface area (TPSA) is 9.23 Å². The number of rotatable bonds is 2. The van der Waals surface area contributed by atoms with Crippen LogP contribution in [0.3, 0.4) is 0 Å². The van der Waals surface area contributed by atoms with E-state index in [1.54, 1.807) is 0 Å². The van der Waals surface area contributed by atoms with Gasteiger partial charge in [-0.2, -0.15) is 8.78 Å². The molecule has 0 aromatic heterocycles. The van der Waals surface area contributed by atoms with Crippen molar-refractivity contribution in [2.45, 2.75) is 6.61 Å². The van der Waals surface area contributed by atoms with E-state index in [1.807, 2.05) is 0 Å². The van der Waals surface area contributed by atoms with Crippen molar-refractivity contribution in [2.24, 2.45) is 0 Å². The van der Waals surface area contributed by atoms with Crippen molar-refractivity contribution < 1.29 is 17.9 Å². The highest BCUT2D eigenvalue weighted by Crippen LogP contribution is 2.31. The van der Waals surface area contributed by atoms with Crippen LogP contribution in [-0.2, 0) is 0 Å². The van der Waals surface area contributed by atoms with Gasteiger partial charge in [-0.25, -0.2) is 4.39 Å². The van der Waals surface area contributed by atoms with Gasteiger partial charge in [0.05, 0.1) is 10.0 Å². The molecule has 0 atom stereocenters. The first-order valence-electron chi connectivity index (χ1n) is 3.10. The summed E-state index contributed by atoms with van der Waals surface area (Å²) in [5.41, 5.74) is 0. The highest BCUT2D eigenvalue weighted by Gasteiger charge is 2.14. The van der Waals surface area contributed by atoms with Crippen LogP contribution in [0.1, 0.15) is 0 Å². The summed E-state index contributed by atoms with van der Waals surface area (Å²) in [6.07, 6.45) is 0. The molecular weight excluding hydrogens is 228 g/mol. The van der Waals surface area contributed by atoms with Crippen molar-refractivity contribution in [3.05, 3.63) is 28.0 Å². The third-order valence-corrected chi connectivity index (χ3v) is 2.00. The summed E-state index contributed by atoms with van der Waals surface area (Å²) < 4.78 is 40.1. The van der Waals surface area contributed by atoms with Crippen LogP contribution >= 0.6 is 23.2 Å². The lowest BCUT2D eigenvalue weighted by Crippen LogP contribution is -2.03. The van der Waals surface area contributed by atoms with Crippen LogP contribution in [0.5, 0.6) is 5.75 Å². The van der Waals surface area contributed by atoms with E-state index in [0.29, 0.717) is 0 Å². The number of hydrogen-bond donors (Lipinski definition) is 0. The van der Waals surface area contributed by atoms with Gasteiger partial charge in [0, 0.05) is 0 Å². The van der Waals surface area contributed by atoms with E-state index in [0.717, 1.165) is 6.07 Å².